The molecule has 10 heteroatoms. The van der Waals surface area contributed by atoms with Crippen LogP contribution in [0.15, 0.2) is 18.2 Å². The van der Waals surface area contributed by atoms with E-state index in [1.807, 2.05) is 30.8 Å². The summed E-state index contributed by atoms with van der Waals surface area (Å²) in [6.45, 7) is 4.12. The van der Waals surface area contributed by atoms with Gasteiger partial charge in [0.15, 0.2) is 0 Å². The highest BCUT2D eigenvalue weighted by molar-refractivity contribution is 7.98. The molecule has 0 aliphatic heterocycles. The minimum absolute atomic E-state index is 0. The summed E-state index contributed by atoms with van der Waals surface area (Å²) >= 11 is 1.84. The van der Waals surface area contributed by atoms with E-state index in [1.165, 1.54) is 0 Å². The van der Waals surface area contributed by atoms with Crippen molar-refractivity contribution < 1.29 is 25.6 Å². The van der Waals surface area contributed by atoms with Crippen LogP contribution >= 0.6 is 11.8 Å². The number of carboxylic acids is 1. The summed E-state index contributed by atoms with van der Waals surface area (Å²) in [5.41, 5.74) is 9.36. The number of rotatable bonds is 13. The monoisotopic (exact) mass is 482 g/mol. The van der Waals surface area contributed by atoms with E-state index < -0.39 is 5.97 Å². The van der Waals surface area contributed by atoms with Crippen LogP contribution in [0.1, 0.15) is 55.0 Å². The van der Waals surface area contributed by atoms with Gasteiger partial charge in [0, 0.05) is 23.7 Å². The topological polar surface area (TPSA) is 173 Å². The Morgan fingerprint density at radius 1 is 1.27 bits per heavy atom. The molecule has 186 valence electrons. The Morgan fingerprint density at radius 2 is 2.00 bits per heavy atom. The van der Waals surface area contributed by atoms with Gasteiger partial charge in [-0.1, -0.05) is 31.9 Å². The Hall–Kier alpha value is -2.56. The van der Waals surface area contributed by atoms with Crippen molar-refractivity contribution in [3.05, 3.63) is 40.6 Å². The molecule has 0 saturated carbocycles. The summed E-state index contributed by atoms with van der Waals surface area (Å²) in [5, 5.41) is 12.8. The Balaban J connectivity index is 0.00000512. The number of thioether (sulfide) groups is 1. The number of nitrogens with two attached hydrogens (primary N) is 1. The first-order valence-corrected chi connectivity index (χ1v) is 12.0. The van der Waals surface area contributed by atoms with Gasteiger partial charge in [-0.25, -0.2) is 4.98 Å². The summed E-state index contributed by atoms with van der Waals surface area (Å²) in [6.07, 6.45) is 7.00. The van der Waals surface area contributed by atoms with Gasteiger partial charge in [0.2, 0.25) is 5.95 Å². The van der Waals surface area contributed by atoms with E-state index in [4.69, 9.17) is 15.6 Å². The fourth-order valence-corrected chi connectivity index (χ4v) is 4.11. The Morgan fingerprint density at radius 3 is 2.61 bits per heavy atom. The molecule has 0 unspecified atom stereocenters. The van der Waals surface area contributed by atoms with Gasteiger partial charge in [-0.15, -0.1) is 0 Å². The van der Waals surface area contributed by atoms with Crippen molar-refractivity contribution in [2.75, 3.05) is 30.2 Å². The minimum Gasteiger partial charge on any atom is -0.496 e. The van der Waals surface area contributed by atoms with Crippen molar-refractivity contribution in [3.8, 4) is 5.75 Å². The number of methoxy groups -OCH3 is 1. The largest absolute Gasteiger partial charge is 0.496 e. The molecule has 0 fully saturated rings. The second-order valence-corrected chi connectivity index (χ2v) is 8.64. The summed E-state index contributed by atoms with van der Waals surface area (Å²) in [6, 6.07) is 5.79. The predicted molar refractivity (Wildman–Crippen MR) is 135 cm³/mol. The highest BCUT2D eigenvalue weighted by atomic mass is 32.2. The molecule has 2 rings (SSSR count). The van der Waals surface area contributed by atoms with Crippen molar-refractivity contribution in [2.24, 2.45) is 0 Å². The molecule has 0 spiro atoms. The average molecular weight is 483 g/mol. The number of anilines is 2. The zero-order chi connectivity index (χ0) is 22.8. The average Bonchev–Trinajstić information content (AvgIpc) is 2.72. The fraction of sp³-hybridized carbons (Fsp3) is 0.522. The molecule has 2 aromatic rings. The number of aromatic nitrogens is 2. The van der Waals surface area contributed by atoms with E-state index in [2.05, 4.69) is 28.5 Å². The van der Waals surface area contributed by atoms with Crippen LogP contribution in [0.25, 0.3) is 0 Å². The number of hydrogen-bond donors (Lipinski definition) is 3. The smallest absolute Gasteiger partial charge is 0.307 e. The quantitative estimate of drug-likeness (QED) is 0.390. The number of nitrogens with one attached hydrogen (secondary N) is 1. The van der Waals surface area contributed by atoms with E-state index >= 15 is 0 Å². The normalized spacial score (nSPS) is 11.2. The maximum Gasteiger partial charge on any atom is 0.307 e. The number of aryl methyl sites for hydroxylation is 1. The Labute approximate surface area is 200 Å². The summed E-state index contributed by atoms with van der Waals surface area (Å²) in [4.78, 5) is 20.1. The van der Waals surface area contributed by atoms with Crippen molar-refractivity contribution in [1.29, 1.82) is 0 Å². The lowest BCUT2D eigenvalue weighted by Crippen LogP contribution is -2.23. The van der Waals surface area contributed by atoms with Crippen LogP contribution < -0.4 is 15.8 Å². The van der Waals surface area contributed by atoms with Crippen molar-refractivity contribution in [2.45, 2.75) is 58.4 Å². The lowest BCUT2D eigenvalue weighted by Gasteiger charge is -2.22. The van der Waals surface area contributed by atoms with Crippen LogP contribution in [-0.2, 0) is 17.6 Å². The highest BCUT2D eigenvalue weighted by Gasteiger charge is 2.18. The molecule has 0 radical (unpaired) electrons. The molecule has 1 aromatic carbocycles. The zero-order valence-electron chi connectivity index (χ0n) is 19.9. The third-order valence-electron chi connectivity index (χ3n) is 5.22. The number of carbonyl (C=O) groups is 1. The van der Waals surface area contributed by atoms with Gasteiger partial charge in [-0.3, -0.25) is 4.79 Å². The fourth-order valence-electron chi connectivity index (χ4n) is 3.59. The van der Waals surface area contributed by atoms with Crippen LogP contribution in [0.4, 0.5) is 11.8 Å². The van der Waals surface area contributed by atoms with Crippen LogP contribution in [-0.4, -0.2) is 57.2 Å². The molecule has 0 amide bonds. The van der Waals surface area contributed by atoms with Crippen LogP contribution in [0.5, 0.6) is 5.75 Å². The number of aliphatic carboxylic acids is 1. The molecule has 0 saturated heterocycles. The number of carboxylic acid groups (broad SMARTS) is 1. The molecule has 33 heavy (non-hydrogen) atoms. The molecule has 1 atom stereocenters. The van der Waals surface area contributed by atoms with E-state index in [0.29, 0.717) is 18.2 Å². The molecular weight excluding hydrogens is 444 g/mol. The maximum atomic E-state index is 11.2. The molecule has 1 heterocycles. The minimum atomic E-state index is -0.863. The van der Waals surface area contributed by atoms with Crippen molar-refractivity contribution in [1.82, 2.24) is 9.97 Å². The van der Waals surface area contributed by atoms with Gasteiger partial charge < -0.3 is 31.8 Å². The summed E-state index contributed by atoms with van der Waals surface area (Å²) < 4.78 is 5.53. The maximum absolute atomic E-state index is 11.2. The second-order valence-electron chi connectivity index (χ2n) is 7.65. The second kappa shape index (κ2) is 15.3. The molecule has 1 aromatic heterocycles. The molecule has 0 aliphatic rings. The third-order valence-corrected chi connectivity index (χ3v) is 5.86. The SMILES string of the molecule is CCCC[C@@H](CCSC)Nc1nc(N)nc(C)c1Cc1cc(CC(=O)O)ccc1OC.O.O. The van der Waals surface area contributed by atoms with Gasteiger partial charge in [0.1, 0.15) is 11.6 Å². The standard InChI is InChI=1S/C23H34N4O3S.2H2O/c1-5-6-7-18(10-11-31-4)26-22-19(15(2)25-23(24)27-22)14-17-12-16(13-21(28)29)8-9-20(17)30-3;;/h8-9,12,18H,5-7,10-11,13-14H2,1-4H3,(H,28,29)(H3,24,25,26,27);2*1H2/t18-;;/m0../s1. The zero-order valence-corrected chi connectivity index (χ0v) is 20.7. The summed E-state index contributed by atoms with van der Waals surface area (Å²) in [7, 11) is 1.62. The molecule has 9 nitrogen and oxygen atoms in total. The number of hydrogen-bond acceptors (Lipinski definition) is 7. The van der Waals surface area contributed by atoms with Gasteiger partial charge >= 0.3 is 5.97 Å². The van der Waals surface area contributed by atoms with E-state index in [1.54, 1.807) is 13.2 Å². The predicted octanol–water partition coefficient (Wildman–Crippen LogP) is 2.67. The lowest BCUT2D eigenvalue weighted by molar-refractivity contribution is -0.136. The van der Waals surface area contributed by atoms with Gasteiger partial charge in [-0.05, 0) is 49.0 Å². The highest BCUT2D eigenvalue weighted by Crippen LogP contribution is 2.28. The Kier molecular flexibility index (Phi) is 14.1. The first-order valence-electron chi connectivity index (χ1n) is 10.6. The molecule has 0 bridgehead atoms. The third kappa shape index (κ3) is 9.45. The van der Waals surface area contributed by atoms with E-state index in [9.17, 15) is 4.79 Å². The Bertz CT molecular complexity index is 874. The van der Waals surface area contributed by atoms with Gasteiger partial charge in [0.05, 0.1) is 13.5 Å². The van der Waals surface area contributed by atoms with Crippen LogP contribution in [0.2, 0.25) is 0 Å². The van der Waals surface area contributed by atoms with Gasteiger partial charge in [0.25, 0.3) is 0 Å². The first-order chi connectivity index (χ1) is 14.9. The lowest BCUT2D eigenvalue weighted by atomic mass is 9.99. The van der Waals surface area contributed by atoms with E-state index in [-0.39, 0.29) is 23.3 Å². The molecule has 0 aliphatic carbocycles. The molecule has 8 N–H and O–H groups in total. The number of benzene rings is 1. The first kappa shape index (κ1) is 30.4. The van der Waals surface area contributed by atoms with Crippen molar-refractivity contribution >= 4 is 29.5 Å². The summed E-state index contributed by atoms with van der Waals surface area (Å²) in [5.74, 6) is 1.91. The van der Waals surface area contributed by atoms with Crippen LogP contribution in [0.3, 0.4) is 0 Å². The van der Waals surface area contributed by atoms with E-state index in [0.717, 1.165) is 59.6 Å². The molecular formula is C23H38N4O5S. The van der Waals surface area contributed by atoms with Crippen molar-refractivity contribution in [3.63, 3.8) is 0 Å². The number of ether oxygens (including phenoxy) is 1. The number of unbranched alkanes of at least 4 members (excludes halogenated alkanes) is 1. The van der Waals surface area contributed by atoms with Crippen LogP contribution in [0, 0.1) is 6.92 Å². The number of nitrogen functional groups attached to an aromatic ring is 1. The number of nitrogens with zero attached hydrogens (tertiary/aromatic N) is 2. The van der Waals surface area contributed by atoms with Gasteiger partial charge in [-0.2, -0.15) is 16.7 Å².